The van der Waals surface area contributed by atoms with Crippen LogP contribution < -0.4 is 0 Å². The molecule has 0 fully saturated rings. The maximum atomic E-state index is 11.6. The monoisotopic (exact) mass is 176 g/mol. The molecule has 2 heteroatoms. The first-order chi connectivity index (χ1) is 6.15. The lowest BCUT2D eigenvalue weighted by Gasteiger charge is -1.95. The normalized spacial score (nSPS) is 11.5. The number of aryl methyl sites for hydroxylation is 1. The molecule has 2 nitrogen and oxygen atoms in total. The standard InChI is InChI=1S/C11H14NO/c1-4-12(3)11(13)10-7-5-9(2)6-8-10/h4-8H,1-3H3/q+1. The molecule has 0 N–H and O–H groups in total. The topological polar surface area (TPSA) is 20.1 Å². The minimum absolute atomic E-state index is 0.0301. The number of carbonyl (C=O) groups excluding carboxylic acids is 1. The molecule has 13 heavy (non-hydrogen) atoms. The number of carbonyl (C=O) groups is 1. The van der Waals surface area contributed by atoms with E-state index in [2.05, 4.69) is 0 Å². The summed E-state index contributed by atoms with van der Waals surface area (Å²) in [4.78, 5) is 11.6. The van der Waals surface area contributed by atoms with E-state index in [1.165, 1.54) is 5.56 Å². The van der Waals surface area contributed by atoms with Crippen molar-refractivity contribution < 1.29 is 9.37 Å². The number of rotatable bonds is 1. The van der Waals surface area contributed by atoms with Crippen molar-refractivity contribution in [3.8, 4) is 0 Å². The molecular formula is C11H14NO+. The summed E-state index contributed by atoms with van der Waals surface area (Å²) in [5, 5.41) is 0. The van der Waals surface area contributed by atoms with Crippen LogP contribution in [0.4, 0.5) is 0 Å². The molecular weight excluding hydrogens is 162 g/mol. The second kappa shape index (κ2) is 3.99. The number of amides is 1. The Balaban J connectivity index is 2.97. The van der Waals surface area contributed by atoms with Gasteiger partial charge in [-0.1, -0.05) is 17.7 Å². The molecule has 1 aromatic carbocycles. The van der Waals surface area contributed by atoms with Crippen LogP contribution in [0.15, 0.2) is 24.3 Å². The molecule has 0 saturated carbocycles. The van der Waals surface area contributed by atoms with E-state index in [1.807, 2.05) is 38.1 Å². The molecule has 1 rings (SSSR count). The molecule has 0 atom stereocenters. The van der Waals surface area contributed by atoms with E-state index in [4.69, 9.17) is 0 Å². The van der Waals surface area contributed by atoms with Crippen LogP contribution in [0.1, 0.15) is 22.8 Å². The van der Waals surface area contributed by atoms with Crippen molar-refractivity contribution >= 4 is 12.1 Å². The Morgan fingerprint density at radius 1 is 1.31 bits per heavy atom. The van der Waals surface area contributed by atoms with Crippen LogP contribution in [-0.4, -0.2) is 23.7 Å². The van der Waals surface area contributed by atoms with Gasteiger partial charge < -0.3 is 0 Å². The fourth-order valence-corrected chi connectivity index (χ4v) is 1.02. The molecule has 0 spiro atoms. The lowest BCUT2D eigenvalue weighted by molar-refractivity contribution is -0.389. The van der Waals surface area contributed by atoms with Crippen molar-refractivity contribution in [3.05, 3.63) is 35.4 Å². The summed E-state index contributed by atoms with van der Waals surface area (Å²) in [6, 6.07) is 7.57. The van der Waals surface area contributed by atoms with Gasteiger partial charge in [0.2, 0.25) is 0 Å². The van der Waals surface area contributed by atoms with Crippen LogP contribution >= 0.6 is 0 Å². The number of hydrogen-bond acceptors (Lipinski definition) is 1. The summed E-state index contributed by atoms with van der Waals surface area (Å²) in [5.41, 5.74) is 1.89. The minimum atomic E-state index is 0.0301. The highest BCUT2D eigenvalue weighted by atomic mass is 16.2. The second-order valence-electron chi connectivity index (χ2n) is 3.04. The Bertz CT molecular complexity index is 336. The number of hydrogen-bond donors (Lipinski definition) is 0. The molecule has 0 aliphatic heterocycles. The molecule has 0 radical (unpaired) electrons. The van der Waals surface area contributed by atoms with Crippen molar-refractivity contribution in [1.82, 2.24) is 0 Å². The highest BCUT2D eigenvalue weighted by molar-refractivity contribution is 5.89. The maximum absolute atomic E-state index is 11.6. The molecule has 0 aromatic heterocycles. The quantitative estimate of drug-likeness (QED) is 0.472. The SMILES string of the molecule is CC=[N+](C)C(=O)c1ccc(C)cc1. The second-order valence-corrected chi connectivity index (χ2v) is 3.04. The first-order valence-corrected chi connectivity index (χ1v) is 4.28. The van der Waals surface area contributed by atoms with E-state index in [-0.39, 0.29) is 5.91 Å². The molecule has 1 aromatic rings. The summed E-state index contributed by atoms with van der Waals surface area (Å²) < 4.78 is 1.57. The molecule has 1 amide bonds. The largest absolute Gasteiger partial charge is 0.418 e. The maximum Gasteiger partial charge on any atom is 0.418 e. The Kier molecular flexibility index (Phi) is 2.96. The van der Waals surface area contributed by atoms with Crippen molar-refractivity contribution in [2.24, 2.45) is 0 Å². The zero-order valence-corrected chi connectivity index (χ0v) is 8.24. The predicted octanol–water partition coefficient (Wildman–Crippen LogP) is 1.87. The Morgan fingerprint density at radius 2 is 1.85 bits per heavy atom. The highest BCUT2D eigenvalue weighted by Gasteiger charge is 2.13. The fraction of sp³-hybridized carbons (Fsp3) is 0.273. The van der Waals surface area contributed by atoms with Crippen molar-refractivity contribution in [2.75, 3.05) is 7.05 Å². The van der Waals surface area contributed by atoms with Gasteiger partial charge in [-0.25, -0.2) is 4.79 Å². The zero-order valence-electron chi connectivity index (χ0n) is 8.24. The van der Waals surface area contributed by atoms with Gasteiger partial charge in [0.1, 0.15) is 13.3 Å². The summed E-state index contributed by atoms with van der Waals surface area (Å²) in [7, 11) is 1.75. The molecule has 0 bridgehead atoms. The van der Waals surface area contributed by atoms with Gasteiger partial charge >= 0.3 is 5.91 Å². The average molecular weight is 176 g/mol. The van der Waals surface area contributed by atoms with Gasteiger partial charge in [0.25, 0.3) is 0 Å². The van der Waals surface area contributed by atoms with Crippen LogP contribution in [0.5, 0.6) is 0 Å². The van der Waals surface area contributed by atoms with E-state index < -0.39 is 0 Å². The average Bonchev–Trinajstić information content (AvgIpc) is 2.17. The summed E-state index contributed by atoms with van der Waals surface area (Å²) in [5.74, 6) is 0.0301. The predicted molar refractivity (Wildman–Crippen MR) is 53.4 cm³/mol. The van der Waals surface area contributed by atoms with Gasteiger partial charge in [0.15, 0.2) is 0 Å². The van der Waals surface area contributed by atoms with E-state index >= 15 is 0 Å². The Labute approximate surface area is 78.5 Å². The highest BCUT2D eigenvalue weighted by Crippen LogP contribution is 2.03. The Morgan fingerprint density at radius 3 is 2.31 bits per heavy atom. The van der Waals surface area contributed by atoms with Crippen LogP contribution in [-0.2, 0) is 0 Å². The smallest absolute Gasteiger partial charge is 0.214 e. The minimum Gasteiger partial charge on any atom is -0.214 e. The van der Waals surface area contributed by atoms with E-state index in [1.54, 1.807) is 17.8 Å². The van der Waals surface area contributed by atoms with Crippen molar-refractivity contribution in [1.29, 1.82) is 0 Å². The van der Waals surface area contributed by atoms with Crippen molar-refractivity contribution in [3.63, 3.8) is 0 Å². The van der Waals surface area contributed by atoms with E-state index in [0.717, 1.165) is 5.56 Å². The van der Waals surface area contributed by atoms with Gasteiger partial charge in [-0.05, 0) is 19.1 Å². The zero-order chi connectivity index (χ0) is 9.84. The van der Waals surface area contributed by atoms with E-state index in [0.29, 0.717) is 0 Å². The van der Waals surface area contributed by atoms with Gasteiger partial charge in [-0.15, -0.1) is 0 Å². The van der Waals surface area contributed by atoms with Gasteiger partial charge in [-0.3, -0.25) is 0 Å². The fourth-order valence-electron chi connectivity index (χ4n) is 1.02. The van der Waals surface area contributed by atoms with E-state index in [9.17, 15) is 4.79 Å². The van der Waals surface area contributed by atoms with Crippen LogP contribution in [0.2, 0.25) is 0 Å². The molecule has 0 heterocycles. The van der Waals surface area contributed by atoms with Crippen LogP contribution in [0.3, 0.4) is 0 Å². The Hall–Kier alpha value is -1.44. The molecule has 0 aliphatic rings. The lowest BCUT2D eigenvalue weighted by Crippen LogP contribution is -2.16. The summed E-state index contributed by atoms with van der Waals surface area (Å²) in [6.45, 7) is 3.84. The number of benzene rings is 1. The summed E-state index contributed by atoms with van der Waals surface area (Å²) in [6.07, 6.45) is 1.75. The third-order valence-electron chi connectivity index (χ3n) is 2.01. The van der Waals surface area contributed by atoms with Gasteiger partial charge in [0.05, 0.1) is 5.56 Å². The molecule has 0 saturated heterocycles. The van der Waals surface area contributed by atoms with Gasteiger partial charge in [0, 0.05) is 6.92 Å². The van der Waals surface area contributed by atoms with Crippen molar-refractivity contribution in [2.45, 2.75) is 13.8 Å². The molecule has 68 valence electrons. The first kappa shape index (κ1) is 9.65. The lowest BCUT2D eigenvalue weighted by atomic mass is 10.1. The number of nitrogens with zero attached hydrogens (tertiary/aromatic N) is 1. The molecule has 0 aliphatic carbocycles. The van der Waals surface area contributed by atoms with Crippen LogP contribution in [0.25, 0.3) is 0 Å². The van der Waals surface area contributed by atoms with Crippen LogP contribution in [0, 0.1) is 6.92 Å². The first-order valence-electron chi connectivity index (χ1n) is 4.28. The third kappa shape index (κ3) is 2.25. The van der Waals surface area contributed by atoms with Gasteiger partial charge in [-0.2, -0.15) is 4.58 Å². The third-order valence-corrected chi connectivity index (χ3v) is 2.01. The summed E-state index contributed by atoms with van der Waals surface area (Å²) >= 11 is 0. The molecule has 0 unspecified atom stereocenters.